The molecule has 0 fully saturated rings. The maximum atomic E-state index is 10.8. The molecular formula is C12H10BrN3O3. The Morgan fingerprint density at radius 1 is 1.37 bits per heavy atom. The summed E-state index contributed by atoms with van der Waals surface area (Å²) < 4.78 is 6.04. The number of aryl methyl sites for hydroxylation is 1. The van der Waals surface area contributed by atoms with E-state index in [9.17, 15) is 10.1 Å². The third-order valence-corrected chi connectivity index (χ3v) is 2.85. The summed E-state index contributed by atoms with van der Waals surface area (Å²) in [4.78, 5) is 14.4. The van der Waals surface area contributed by atoms with Gasteiger partial charge in [0.1, 0.15) is 5.75 Å². The van der Waals surface area contributed by atoms with Gasteiger partial charge in [-0.2, -0.15) is 0 Å². The molecule has 98 valence electrons. The van der Waals surface area contributed by atoms with E-state index >= 15 is 0 Å². The van der Waals surface area contributed by atoms with E-state index in [-0.39, 0.29) is 5.69 Å². The summed E-state index contributed by atoms with van der Waals surface area (Å²) in [7, 11) is 0. The third-order valence-electron chi connectivity index (χ3n) is 2.39. The number of nitrogens with two attached hydrogens (primary N) is 1. The van der Waals surface area contributed by atoms with Crippen LogP contribution in [0.25, 0.3) is 0 Å². The summed E-state index contributed by atoms with van der Waals surface area (Å²) in [6.07, 6.45) is 0. The number of hydrogen-bond donors (Lipinski definition) is 1. The smallest absolute Gasteiger partial charge is 0.274 e. The maximum Gasteiger partial charge on any atom is 0.274 e. The molecular weight excluding hydrogens is 314 g/mol. The Labute approximate surface area is 117 Å². The molecule has 1 aromatic carbocycles. The van der Waals surface area contributed by atoms with Gasteiger partial charge in [0.05, 0.1) is 22.4 Å². The van der Waals surface area contributed by atoms with Crippen molar-refractivity contribution in [1.29, 1.82) is 0 Å². The number of halogens is 1. The van der Waals surface area contributed by atoms with E-state index in [1.807, 2.05) is 0 Å². The lowest BCUT2D eigenvalue weighted by Gasteiger charge is -2.07. The lowest BCUT2D eigenvalue weighted by atomic mass is 10.3. The summed E-state index contributed by atoms with van der Waals surface area (Å²) in [5.41, 5.74) is 6.80. The minimum absolute atomic E-state index is 0.0588. The topological polar surface area (TPSA) is 91.3 Å². The zero-order chi connectivity index (χ0) is 14.0. The van der Waals surface area contributed by atoms with Gasteiger partial charge in [0, 0.05) is 16.6 Å². The van der Waals surface area contributed by atoms with Gasteiger partial charge >= 0.3 is 0 Å². The Kier molecular flexibility index (Phi) is 3.66. The molecule has 0 unspecified atom stereocenters. The van der Waals surface area contributed by atoms with Gasteiger partial charge < -0.3 is 10.5 Å². The second-order valence-corrected chi connectivity index (χ2v) is 4.74. The molecule has 1 aromatic heterocycles. The van der Waals surface area contributed by atoms with Crippen LogP contribution in [0.4, 0.5) is 11.4 Å². The fourth-order valence-electron chi connectivity index (χ4n) is 1.44. The van der Waals surface area contributed by atoms with Crippen LogP contribution in [0.15, 0.2) is 34.8 Å². The van der Waals surface area contributed by atoms with Crippen LogP contribution in [-0.2, 0) is 0 Å². The standard InChI is InChI=1S/C12H10BrN3O3/c1-7-11(14)2-3-12(15-7)19-10-5-8(13)4-9(6-10)16(17)18/h2-6H,14H2,1H3. The van der Waals surface area contributed by atoms with Gasteiger partial charge in [-0.05, 0) is 19.1 Å². The number of non-ortho nitro benzene ring substituents is 1. The minimum Gasteiger partial charge on any atom is -0.439 e. The van der Waals surface area contributed by atoms with Gasteiger partial charge in [-0.1, -0.05) is 15.9 Å². The van der Waals surface area contributed by atoms with E-state index < -0.39 is 4.92 Å². The highest BCUT2D eigenvalue weighted by atomic mass is 79.9. The largest absolute Gasteiger partial charge is 0.439 e. The molecule has 0 saturated carbocycles. The highest BCUT2D eigenvalue weighted by molar-refractivity contribution is 9.10. The molecule has 0 aliphatic heterocycles. The number of nitro groups is 1. The van der Waals surface area contributed by atoms with Crippen LogP contribution < -0.4 is 10.5 Å². The van der Waals surface area contributed by atoms with Crippen molar-refractivity contribution in [1.82, 2.24) is 4.98 Å². The van der Waals surface area contributed by atoms with E-state index in [0.717, 1.165) is 0 Å². The molecule has 0 aliphatic carbocycles. The molecule has 7 heteroatoms. The number of aromatic nitrogens is 1. The Balaban J connectivity index is 2.32. The molecule has 2 aromatic rings. The summed E-state index contributed by atoms with van der Waals surface area (Å²) in [6, 6.07) is 7.63. The lowest BCUT2D eigenvalue weighted by Crippen LogP contribution is -1.96. The molecule has 0 atom stereocenters. The predicted octanol–water partition coefficient (Wildman–Crippen LogP) is 3.44. The normalized spacial score (nSPS) is 10.2. The first-order valence-electron chi connectivity index (χ1n) is 5.31. The average Bonchev–Trinajstić information content (AvgIpc) is 2.33. The van der Waals surface area contributed by atoms with Crippen LogP contribution >= 0.6 is 15.9 Å². The molecule has 0 bridgehead atoms. The average molecular weight is 324 g/mol. The number of hydrogen-bond acceptors (Lipinski definition) is 5. The number of pyridine rings is 1. The Hall–Kier alpha value is -2.15. The van der Waals surface area contributed by atoms with Crippen molar-refractivity contribution < 1.29 is 9.66 Å². The van der Waals surface area contributed by atoms with Gasteiger partial charge in [0.25, 0.3) is 5.69 Å². The molecule has 0 radical (unpaired) electrons. The van der Waals surface area contributed by atoms with E-state index in [1.165, 1.54) is 12.1 Å². The molecule has 2 N–H and O–H groups in total. The fraction of sp³-hybridized carbons (Fsp3) is 0.0833. The van der Waals surface area contributed by atoms with Gasteiger partial charge in [-0.15, -0.1) is 0 Å². The van der Waals surface area contributed by atoms with Gasteiger partial charge in [-0.3, -0.25) is 10.1 Å². The number of anilines is 1. The van der Waals surface area contributed by atoms with Crippen LogP contribution in [0.1, 0.15) is 5.69 Å². The van der Waals surface area contributed by atoms with Crippen molar-refractivity contribution in [2.45, 2.75) is 6.92 Å². The Bertz CT molecular complexity index is 646. The molecule has 19 heavy (non-hydrogen) atoms. The van der Waals surface area contributed by atoms with Crippen LogP contribution in [0.3, 0.4) is 0 Å². The summed E-state index contributed by atoms with van der Waals surface area (Å²) in [5.74, 6) is 0.664. The van der Waals surface area contributed by atoms with Crippen molar-refractivity contribution >= 4 is 27.3 Å². The molecule has 1 heterocycles. The first-order chi connectivity index (χ1) is 8.95. The van der Waals surface area contributed by atoms with Crippen molar-refractivity contribution in [2.75, 3.05) is 5.73 Å². The van der Waals surface area contributed by atoms with Crippen LogP contribution in [0.5, 0.6) is 11.6 Å². The number of benzene rings is 1. The SMILES string of the molecule is Cc1nc(Oc2cc(Br)cc([N+](=O)[O-])c2)ccc1N. The maximum absolute atomic E-state index is 10.8. The predicted molar refractivity (Wildman–Crippen MR) is 74.3 cm³/mol. The van der Waals surface area contributed by atoms with Gasteiger partial charge in [-0.25, -0.2) is 4.98 Å². The van der Waals surface area contributed by atoms with E-state index in [4.69, 9.17) is 10.5 Å². The van der Waals surface area contributed by atoms with Crippen molar-refractivity contribution in [2.24, 2.45) is 0 Å². The second kappa shape index (κ2) is 5.23. The fourth-order valence-corrected chi connectivity index (χ4v) is 1.90. The molecule has 0 aliphatic rings. The number of ether oxygens (including phenoxy) is 1. The molecule has 0 spiro atoms. The molecule has 0 saturated heterocycles. The molecule has 0 amide bonds. The summed E-state index contributed by atoms with van der Waals surface area (Å²) in [5, 5.41) is 10.8. The number of nitro benzene ring substituents is 1. The van der Waals surface area contributed by atoms with E-state index in [1.54, 1.807) is 25.1 Å². The highest BCUT2D eigenvalue weighted by Gasteiger charge is 2.10. The van der Waals surface area contributed by atoms with Gasteiger partial charge in [0.2, 0.25) is 5.88 Å². The molecule has 6 nitrogen and oxygen atoms in total. The first-order valence-corrected chi connectivity index (χ1v) is 6.11. The lowest BCUT2D eigenvalue weighted by molar-refractivity contribution is -0.385. The minimum atomic E-state index is -0.487. The summed E-state index contributed by atoms with van der Waals surface area (Å²) in [6.45, 7) is 1.76. The quantitative estimate of drug-likeness (QED) is 0.690. The van der Waals surface area contributed by atoms with Crippen LogP contribution in [0, 0.1) is 17.0 Å². The third kappa shape index (κ3) is 3.19. The highest BCUT2D eigenvalue weighted by Crippen LogP contribution is 2.29. The number of nitrogen functional groups attached to an aromatic ring is 1. The first kappa shape index (κ1) is 13.3. The number of nitrogens with zero attached hydrogens (tertiary/aromatic N) is 2. The van der Waals surface area contributed by atoms with Crippen LogP contribution in [0.2, 0.25) is 0 Å². The van der Waals surface area contributed by atoms with Crippen molar-refractivity contribution in [3.63, 3.8) is 0 Å². The summed E-state index contributed by atoms with van der Waals surface area (Å²) >= 11 is 3.20. The zero-order valence-corrected chi connectivity index (χ0v) is 11.5. The second-order valence-electron chi connectivity index (χ2n) is 3.83. The van der Waals surface area contributed by atoms with Crippen LogP contribution in [-0.4, -0.2) is 9.91 Å². The monoisotopic (exact) mass is 323 g/mol. The van der Waals surface area contributed by atoms with Crippen molar-refractivity contribution in [3.05, 3.63) is 50.6 Å². The Morgan fingerprint density at radius 3 is 2.74 bits per heavy atom. The van der Waals surface area contributed by atoms with Crippen molar-refractivity contribution in [3.8, 4) is 11.6 Å². The number of rotatable bonds is 3. The van der Waals surface area contributed by atoms with E-state index in [2.05, 4.69) is 20.9 Å². The zero-order valence-electron chi connectivity index (χ0n) is 9.96. The van der Waals surface area contributed by atoms with E-state index in [0.29, 0.717) is 27.5 Å². The molecule has 2 rings (SSSR count). The Morgan fingerprint density at radius 2 is 2.11 bits per heavy atom. The van der Waals surface area contributed by atoms with Gasteiger partial charge in [0.15, 0.2) is 0 Å².